The van der Waals surface area contributed by atoms with Crippen LogP contribution < -0.4 is 5.32 Å². The number of hydrogen-bond donors (Lipinski definition) is 1. The maximum absolute atomic E-state index is 12.9. The minimum Gasteiger partial charge on any atom is -0.342 e. The second-order valence-electron chi connectivity index (χ2n) is 7.52. The molecule has 0 aromatic rings. The van der Waals surface area contributed by atoms with Gasteiger partial charge in [0.05, 0.1) is 0 Å². The van der Waals surface area contributed by atoms with Crippen LogP contribution in [0.2, 0.25) is 0 Å². The van der Waals surface area contributed by atoms with Crippen LogP contribution in [-0.4, -0.2) is 34.8 Å². The molecule has 2 unspecified atom stereocenters. The zero-order valence-corrected chi connectivity index (χ0v) is 13.9. The van der Waals surface area contributed by atoms with Crippen molar-refractivity contribution < 1.29 is 9.59 Å². The van der Waals surface area contributed by atoms with Gasteiger partial charge in [0.15, 0.2) is 0 Å². The van der Waals surface area contributed by atoms with Crippen molar-refractivity contribution in [1.29, 1.82) is 0 Å². The lowest BCUT2D eigenvalue weighted by molar-refractivity contribution is -0.153. The van der Waals surface area contributed by atoms with Gasteiger partial charge >= 0.3 is 0 Å². The molecule has 1 N–H and O–H groups in total. The van der Waals surface area contributed by atoms with Crippen LogP contribution >= 0.6 is 0 Å². The fourth-order valence-electron chi connectivity index (χ4n) is 3.70. The Kier molecular flexibility index (Phi) is 5.28. The van der Waals surface area contributed by atoms with Gasteiger partial charge < -0.3 is 10.2 Å². The van der Waals surface area contributed by atoms with E-state index in [9.17, 15) is 9.59 Å². The summed E-state index contributed by atoms with van der Waals surface area (Å²) >= 11 is 0. The van der Waals surface area contributed by atoms with Gasteiger partial charge in [0.25, 0.3) is 0 Å². The SMILES string of the molecule is CC(C)CC1NC(=O)C(CC(C)C)N(C2CCCC2)C1=O. The van der Waals surface area contributed by atoms with Gasteiger partial charge in [-0.2, -0.15) is 0 Å². The van der Waals surface area contributed by atoms with Gasteiger partial charge in [0, 0.05) is 6.04 Å². The predicted molar refractivity (Wildman–Crippen MR) is 83.7 cm³/mol. The van der Waals surface area contributed by atoms with Crippen molar-refractivity contribution in [2.75, 3.05) is 0 Å². The summed E-state index contributed by atoms with van der Waals surface area (Å²) < 4.78 is 0. The van der Waals surface area contributed by atoms with E-state index in [1.165, 1.54) is 12.8 Å². The highest BCUT2D eigenvalue weighted by molar-refractivity contribution is 5.97. The van der Waals surface area contributed by atoms with Crippen molar-refractivity contribution in [3.63, 3.8) is 0 Å². The minimum absolute atomic E-state index is 0.0563. The molecule has 1 aliphatic carbocycles. The summed E-state index contributed by atoms with van der Waals surface area (Å²) in [5.41, 5.74) is 0. The van der Waals surface area contributed by atoms with Crippen LogP contribution in [0.25, 0.3) is 0 Å². The van der Waals surface area contributed by atoms with Crippen LogP contribution in [0.3, 0.4) is 0 Å². The predicted octanol–water partition coefficient (Wildman–Crippen LogP) is 2.72. The maximum atomic E-state index is 12.9. The first-order valence-electron chi connectivity index (χ1n) is 8.52. The number of carbonyl (C=O) groups is 2. The molecule has 2 aliphatic rings. The number of amides is 2. The number of carbonyl (C=O) groups excluding carboxylic acids is 2. The molecule has 0 aromatic heterocycles. The van der Waals surface area contributed by atoms with Crippen molar-refractivity contribution in [3.8, 4) is 0 Å². The molecule has 4 nitrogen and oxygen atoms in total. The van der Waals surface area contributed by atoms with Crippen LogP contribution in [0.15, 0.2) is 0 Å². The van der Waals surface area contributed by atoms with Gasteiger partial charge in [0.2, 0.25) is 11.8 Å². The molecule has 1 heterocycles. The van der Waals surface area contributed by atoms with E-state index in [-0.39, 0.29) is 29.9 Å². The molecule has 0 radical (unpaired) electrons. The molecule has 1 saturated heterocycles. The summed E-state index contributed by atoms with van der Waals surface area (Å²) in [6, 6.07) is -0.299. The molecule has 2 amide bonds. The summed E-state index contributed by atoms with van der Waals surface area (Å²) in [6.07, 6.45) is 5.98. The van der Waals surface area contributed by atoms with Crippen LogP contribution in [0.4, 0.5) is 0 Å². The Morgan fingerprint density at radius 1 is 1.05 bits per heavy atom. The molecule has 21 heavy (non-hydrogen) atoms. The van der Waals surface area contributed by atoms with E-state index in [1.54, 1.807) is 0 Å². The van der Waals surface area contributed by atoms with Gasteiger partial charge in [-0.1, -0.05) is 40.5 Å². The molecule has 2 atom stereocenters. The highest BCUT2D eigenvalue weighted by Gasteiger charge is 2.44. The molecule has 120 valence electrons. The highest BCUT2D eigenvalue weighted by Crippen LogP contribution is 2.30. The monoisotopic (exact) mass is 294 g/mol. The van der Waals surface area contributed by atoms with E-state index < -0.39 is 0 Å². The zero-order chi connectivity index (χ0) is 15.6. The molecular formula is C17H30N2O2. The molecule has 2 rings (SSSR count). The Balaban J connectivity index is 2.20. The van der Waals surface area contributed by atoms with Gasteiger partial charge in [-0.25, -0.2) is 0 Å². The van der Waals surface area contributed by atoms with E-state index in [1.807, 2.05) is 4.90 Å². The lowest BCUT2D eigenvalue weighted by atomic mass is 9.92. The average molecular weight is 294 g/mol. The first-order chi connectivity index (χ1) is 9.90. The van der Waals surface area contributed by atoms with Crippen molar-refractivity contribution in [2.24, 2.45) is 11.8 Å². The van der Waals surface area contributed by atoms with Crippen LogP contribution in [0.5, 0.6) is 0 Å². The normalized spacial score (nSPS) is 27.8. The Hall–Kier alpha value is -1.06. The summed E-state index contributed by atoms with van der Waals surface area (Å²) in [5.74, 6) is 1.03. The average Bonchev–Trinajstić information content (AvgIpc) is 2.88. The lowest BCUT2D eigenvalue weighted by Crippen LogP contribution is -2.65. The maximum Gasteiger partial charge on any atom is 0.246 e. The second kappa shape index (κ2) is 6.80. The van der Waals surface area contributed by atoms with Crippen molar-refractivity contribution in [1.82, 2.24) is 10.2 Å². The number of hydrogen-bond acceptors (Lipinski definition) is 2. The van der Waals surface area contributed by atoms with Gasteiger partial charge in [-0.3, -0.25) is 9.59 Å². The minimum atomic E-state index is -0.318. The summed E-state index contributed by atoms with van der Waals surface area (Å²) in [7, 11) is 0. The Labute approximate surface area is 128 Å². The van der Waals surface area contributed by atoms with E-state index >= 15 is 0 Å². The number of nitrogens with zero attached hydrogens (tertiary/aromatic N) is 1. The van der Waals surface area contributed by atoms with Crippen LogP contribution in [0.1, 0.15) is 66.2 Å². The number of rotatable bonds is 5. The zero-order valence-electron chi connectivity index (χ0n) is 13.9. The Morgan fingerprint density at radius 3 is 2.14 bits per heavy atom. The second-order valence-corrected chi connectivity index (χ2v) is 7.52. The van der Waals surface area contributed by atoms with E-state index in [0.29, 0.717) is 11.8 Å². The topological polar surface area (TPSA) is 49.4 Å². The largest absolute Gasteiger partial charge is 0.342 e. The third-order valence-electron chi connectivity index (χ3n) is 4.63. The standard InChI is InChI=1S/C17H30N2O2/c1-11(2)9-14-17(21)19(13-7-5-6-8-13)15(10-12(3)4)16(20)18-14/h11-15H,5-10H2,1-4H3,(H,18,20). The first-order valence-corrected chi connectivity index (χ1v) is 8.52. The van der Waals surface area contributed by atoms with Gasteiger partial charge in [-0.05, 0) is 37.5 Å². The third-order valence-corrected chi connectivity index (χ3v) is 4.63. The molecule has 4 heteroatoms. The lowest BCUT2D eigenvalue weighted by Gasteiger charge is -2.43. The van der Waals surface area contributed by atoms with E-state index in [0.717, 1.165) is 25.7 Å². The van der Waals surface area contributed by atoms with E-state index in [2.05, 4.69) is 33.0 Å². The summed E-state index contributed by atoms with van der Waals surface area (Å²) in [6.45, 7) is 8.43. The number of nitrogens with one attached hydrogen (secondary N) is 1. The summed E-state index contributed by atoms with van der Waals surface area (Å²) in [4.78, 5) is 27.4. The Bertz CT molecular complexity index is 386. The summed E-state index contributed by atoms with van der Waals surface area (Å²) in [5, 5.41) is 2.98. The molecule has 0 aromatic carbocycles. The van der Waals surface area contributed by atoms with Crippen LogP contribution in [-0.2, 0) is 9.59 Å². The van der Waals surface area contributed by atoms with Crippen molar-refractivity contribution in [3.05, 3.63) is 0 Å². The molecular weight excluding hydrogens is 264 g/mol. The van der Waals surface area contributed by atoms with Crippen LogP contribution in [0, 0.1) is 11.8 Å². The fourth-order valence-corrected chi connectivity index (χ4v) is 3.70. The highest BCUT2D eigenvalue weighted by atomic mass is 16.2. The van der Waals surface area contributed by atoms with Gasteiger partial charge in [0.1, 0.15) is 12.1 Å². The van der Waals surface area contributed by atoms with Crippen molar-refractivity contribution in [2.45, 2.75) is 84.3 Å². The Morgan fingerprint density at radius 2 is 1.62 bits per heavy atom. The third kappa shape index (κ3) is 3.78. The van der Waals surface area contributed by atoms with Crippen molar-refractivity contribution >= 4 is 11.8 Å². The molecule has 1 aliphatic heterocycles. The smallest absolute Gasteiger partial charge is 0.246 e. The molecule has 1 saturated carbocycles. The fraction of sp³-hybridized carbons (Fsp3) is 0.882. The first kappa shape index (κ1) is 16.3. The van der Waals surface area contributed by atoms with Gasteiger partial charge in [-0.15, -0.1) is 0 Å². The quantitative estimate of drug-likeness (QED) is 0.847. The number of piperazine rings is 1. The van der Waals surface area contributed by atoms with E-state index in [4.69, 9.17) is 0 Å². The molecule has 0 spiro atoms. The molecule has 0 bridgehead atoms. The molecule has 2 fully saturated rings.